The second-order valence-electron chi connectivity index (χ2n) is 2.55. The molecule has 1 unspecified atom stereocenters. The zero-order valence-electron chi connectivity index (χ0n) is 7.15. The van der Waals surface area contributed by atoms with Crippen LogP contribution in [0.4, 0.5) is 13.2 Å². The van der Waals surface area contributed by atoms with Crippen LogP contribution in [-0.2, 0) is 0 Å². The molecule has 0 bridgehead atoms. The van der Waals surface area contributed by atoms with Crippen LogP contribution in [0, 0.1) is 0 Å². The molecule has 0 aromatic carbocycles. The number of carbonyl (C=O) groups is 1. The van der Waals surface area contributed by atoms with Crippen molar-refractivity contribution in [1.29, 1.82) is 0 Å². The summed E-state index contributed by atoms with van der Waals surface area (Å²) >= 11 is 0.754. The lowest BCUT2D eigenvalue weighted by Gasteiger charge is -2.14. The first kappa shape index (κ1) is 11.9. The molecule has 9 heteroatoms. The number of aromatic nitrogens is 2. The molecule has 1 aromatic rings. The van der Waals surface area contributed by atoms with Crippen molar-refractivity contribution < 1.29 is 23.1 Å². The van der Waals surface area contributed by atoms with E-state index in [4.69, 9.17) is 5.11 Å². The average molecular weight is 241 g/mol. The van der Waals surface area contributed by atoms with Crippen molar-refractivity contribution in [2.45, 2.75) is 12.3 Å². The molecule has 1 aromatic heterocycles. The summed E-state index contributed by atoms with van der Waals surface area (Å²) in [4.78, 5) is 11.2. The fourth-order valence-electron chi connectivity index (χ4n) is 0.659. The topological polar surface area (TPSA) is 75.1 Å². The predicted octanol–water partition coefficient (Wildman–Crippen LogP) is 0.191. The molecule has 1 atom stereocenters. The minimum Gasteiger partial charge on any atom is -0.382 e. The highest BCUT2D eigenvalue weighted by molar-refractivity contribution is 7.07. The standard InChI is InChI=1S/C6H6F3N3O2S/c7-6(8,9)4(13)2-10-5(14)3-1-11-12-15-3/h1,4,13H,2H2,(H,10,14). The Balaban J connectivity index is 2.42. The highest BCUT2D eigenvalue weighted by Gasteiger charge is 2.38. The number of aliphatic hydroxyl groups excluding tert-OH is 1. The van der Waals surface area contributed by atoms with Crippen LogP contribution in [0.25, 0.3) is 0 Å². The Morgan fingerprint density at radius 2 is 2.33 bits per heavy atom. The summed E-state index contributed by atoms with van der Waals surface area (Å²) in [5.41, 5.74) is 0. The quantitative estimate of drug-likeness (QED) is 0.792. The van der Waals surface area contributed by atoms with Gasteiger partial charge in [0.1, 0.15) is 4.88 Å². The van der Waals surface area contributed by atoms with E-state index in [1.54, 1.807) is 0 Å². The van der Waals surface area contributed by atoms with Crippen molar-refractivity contribution in [3.8, 4) is 0 Å². The molecule has 0 aliphatic rings. The Kier molecular flexibility index (Phi) is 3.58. The third-order valence-corrected chi connectivity index (χ3v) is 2.08. The van der Waals surface area contributed by atoms with E-state index in [1.165, 1.54) is 0 Å². The van der Waals surface area contributed by atoms with Crippen LogP contribution in [0.2, 0.25) is 0 Å². The maximum atomic E-state index is 11.8. The van der Waals surface area contributed by atoms with Crippen molar-refractivity contribution in [3.63, 3.8) is 0 Å². The molecule has 1 amide bonds. The van der Waals surface area contributed by atoms with E-state index in [1.807, 2.05) is 5.32 Å². The van der Waals surface area contributed by atoms with Gasteiger partial charge >= 0.3 is 6.18 Å². The van der Waals surface area contributed by atoms with E-state index in [0.717, 1.165) is 17.7 Å². The van der Waals surface area contributed by atoms with E-state index in [-0.39, 0.29) is 4.88 Å². The van der Waals surface area contributed by atoms with Gasteiger partial charge in [0, 0.05) is 0 Å². The van der Waals surface area contributed by atoms with Gasteiger partial charge in [-0.1, -0.05) is 4.49 Å². The molecule has 0 saturated carbocycles. The monoisotopic (exact) mass is 241 g/mol. The minimum atomic E-state index is -4.74. The molecule has 1 heterocycles. The second kappa shape index (κ2) is 4.53. The normalized spacial score (nSPS) is 13.6. The molecule has 0 spiro atoms. The molecular weight excluding hydrogens is 235 g/mol. The van der Waals surface area contributed by atoms with Gasteiger partial charge in [-0.2, -0.15) is 13.2 Å². The third-order valence-electron chi connectivity index (χ3n) is 1.42. The Hall–Kier alpha value is -1.22. The van der Waals surface area contributed by atoms with Crippen LogP contribution >= 0.6 is 11.5 Å². The largest absolute Gasteiger partial charge is 0.416 e. The number of amides is 1. The Labute approximate surface area is 86.1 Å². The lowest BCUT2D eigenvalue weighted by atomic mass is 10.3. The van der Waals surface area contributed by atoms with Crippen molar-refractivity contribution in [2.75, 3.05) is 6.54 Å². The van der Waals surface area contributed by atoms with Gasteiger partial charge < -0.3 is 10.4 Å². The van der Waals surface area contributed by atoms with Gasteiger partial charge in [-0.15, -0.1) is 5.10 Å². The molecule has 2 N–H and O–H groups in total. The second-order valence-corrected chi connectivity index (χ2v) is 3.33. The zero-order valence-corrected chi connectivity index (χ0v) is 7.97. The Bertz CT molecular complexity index is 327. The highest BCUT2D eigenvalue weighted by Crippen LogP contribution is 2.19. The van der Waals surface area contributed by atoms with Crippen molar-refractivity contribution >= 4 is 17.4 Å². The van der Waals surface area contributed by atoms with Crippen LogP contribution in [-0.4, -0.2) is 39.4 Å². The predicted molar refractivity (Wildman–Crippen MR) is 44.3 cm³/mol. The lowest BCUT2D eigenvalue weighted by Crippen LogP contribution is -2.40. The summed E-state index contributed by atoms with van der Waals surface area (Å²) in [5, 5.41) is 13.8. The first-order valence-corrected chi connectivity index (χ1v) is 4.49. The van der Waals surface area contributed by atoms with Crippen LogP contribution in [0.5, 0.6) is 0 Å². The van der Waals surface area contributed by atoms with Gasteiger partial charge in [-0.05, 0) is 11.5 Å². The van der Waals surface area contributed by atoms with E-state index < -0.39 is 24.7 Å². The maximum Gasteiger partial charge on any atom is 0.416 e. The number of nitrogens with one attached hydrogen (secondary N) is 1. The Morgan fingerprint density at radius 1 is 1.67 bits per heavy atom. The van der Waals surface area contributed by atoms with Gasteiger partial charge in [-0.25, -0.2) is 0 Å². The summed E-state index contributed by atoms with van der Waals surface area (Å²) in [6, 6.07) is 0. The number of carbonyl (C=O) groups excluding carboxylic acids is 1. The number of hydrogen-bond acceptors (Lipinski definition) is 5. The number of alkyl halides is 3. The van der Waals surface area contributed by atoms with Gasteiger partial charge in [-0.3, -0.25) is 4.79 Å². The average Bonchev–Trinajstić information content (AvgIpc) is 2.64. The first-order chi connectivity index (χ1) is 6.91. The number of nitrogens with zero attached hydrogens (tertiary/aromatic N) is 2. The highest BCUT2D eigenvalue weighted by atomic mass is 32.1. The van der Waals surface area contributed by atoms with Crippen LogP contribution in [0.1, 0.15) is 9.67 Å². The summed E-state index contributed by atoms with van der Waals surface area (Å²) in [7, 11) is 0. The molecule has 0 saturated heterocycles. The maximum absolute atomic E-state index is 11.8. The molecule has 15 heavy (non-hydrogen) atoms. The van der Waals surface area contributed by atoms with Crippen molar-refractivity contribution in [3.05, 3.63) is 11.1 Å². The van der Waals surface area contributed by atoms with Gasteiger partial charge in [0.2, 0.25) is 0 Å². The SMILES string of the molecule is O=C(NCC(O)C(F)(F)F)c1cnns1. The minimum absolute atomic E-state index is 0.0874. The lowest BCUT2D eigenvalue weighted by molar-refractivity contribution is -0.201. The molecule has 1 rings (SSSR count). The summed E-state index contributed by atoms with van der Waals surface area (Å²) in [6.07, 6.45) is -6.18. The van der Waals surface area contributed by atoms with Crippen molar-refractivity contribution in [1.82, 2.24) is 14.9 Å². The number of hydrogen-bond donors (Lipinski definition) is 2. The number of rotatable bonds is 3. The number of aliphatic hydroxyl groups is 1. The smallest absolute Gasteiger partial charge is 0.382 e. The third kappa shape index (κ3) is 3.44. The molecular formula is C6H6F3N3O2S. The number of halogens is 3. The molecule has 0 radical (unpaired) electrons. The van der Waals surface area contributed by atoms with E-state index in [0.29, 0.717) is 0 Å². The molecule has 84 valence electrons. The van der Waals surface area contributed by atoms with E-state index >= 15 is 0 Å². The van der Waals surface area contributed by atoms with Crippen LogP contribution in [0.3, 0.4) is 0 Å². The molecule has 0 fully saturated rings. The fourth-order valence-corrected chi connectivity index (χ4v) is 1.09. The van der Waals surface area contributed by atoms with Gasteiger partial charge in [0.25, 0.3) is 5.91 Å². The Morgan fingerprint density at radius 3 is 2.80 bits per heavy atom. The van der Waals surface area contributed by atoms with Crippen LogP contribution in [0.15, 0.2) is 6.20 Å². The van der Waals surface area contributed by atoms with E-state index in [9.17, 15) is 18.0 Å². The molecule has 0 aliphatic heterocycles. The van der Waals surface area contributed by atoms with Crippen molar-refractivity contribution in [2.24, 2.45) is 0 Å². The summed E-state index contributed by atoms with van der Waals surface area (Å²) in [6.45, 7) is -0.889. The van der Waals surface area contributed by atoms with E-state index in [2.05, 4.69) is 9.59 Å². The first-order valence-electron chi connectivity index (χ1n) is 3.71. The van der Waals surface area contributed by atoms with Crippen LogP contribution < -0.4 is 5.32 Å². The zero-order chi connectivity index (χ0) is 11.5. The van der Waals surface area contributed by atoms with Gasteiger partial charge in [0.15, 0.2) is 6.10 Å². The fraction of sp³-hybridized carbons (Fsp3) is 0.500. The van der Waals surface area contributed by atoms with Gasteiger partial charge in [0.05, 0.1) is 12.7 Å². The summed E-state index contributed by atoms with van der Waals surface area (Å²) in [5.74, 6) is -0.742. The summed E-state index contributed by atoms with van der Waals surface area (Å²) < 4.78 is 38.8. The molecule has 0 aliphatic carbocycles. The molecule has 5 nitrogen and oxygen atoms in total.